The molecule has 1 rings (SSSR count). The van der Waals surface area contributed by atoms with Gasteiger partial charge in [-0.05, 0) is 24.5 Å². The highest BCUT2D eigenvalue weighted by atomic mass is 32.2. The van der Waals surface area contributed by atoms with Crippen molar-refractivity contribution in [3.63, 3.8) is 0 Å². The number of rotatable bonds is 8. The van der Waals surface area contributed by atoms with Gasteiger partial charge >= 0.3 is 0 Å². The smallest absolute Gasteiger partial charge is 0.0540 e. The predicted octanol–water partition coefficient (Wildman–Crippen LogP) is 3.06. The van der Waals surface area contributed by atoms with Crippen LogP contribution in [0.3, 0.4) is 0 Å². The molecular weight excluding hydrogens is 274 g/mol. The Balaban J connectivity index is 2.34. The van der Waals surface area contributed by atoms with E-state index in [0.29, 0.717) is 6.42 Å². The van der Waals surface area contributed by atoms with Crippen molar-refractivity contribution in [1.29, 1.82) is 0 Å². The van der Waals surface area contributed by atoms with Gasteiger partial charge in [-0.25, -0.2) is 0 Å². The Kier molecular flexibility index (Phi) is 9.02. The first kappa shape index (κ1) is 16.6. The minimum absolute atomic E-state index is 0.144. The summed E-state index contributed by atoms with van der Waals surface area (Å²) in [6.45, 7) is 7.99. The van der Waals surface area contributed by atoms with Crippen molar-refractivity contribution in [3.05, 3.63) is 21.9 Å². The van der Waals surface area contributed by atoms with Crippen molar-refractivity contribution in [3.8, 4) is 11.8 Å². The van der Waals surface area contributed by atoms with Crippen molar-refractivity contribution < 1.29 is 5.11 Å². The van der Waals surface area contributed by atoms with Gasteiger partial charge in [0.25, 0.3) is 0 Å². The fourth-order valence-electron chi connectivity index (χ4n) is 1.68. The number of hydrogen-bond donors (Lipinski definition) is 1. The molecular formula is C15H23NOS2. The fourth-order valence-corrected chi connectivity index (χ4v) is 3.68. The van der Waals surface area contributed by atoms with E-state index >= 15 is 0 Å². The molecule has 0 amide bonds. The van der Waals surface area contributed by atoms with Crippen LogP contribution in [-0.4, -0.2) is 42.0 Å². The standard InChI is InChI=1S/C15H23NOS2/c1-3-16(4-2)9-12-18-13-15-14(8-11-19-15)7-5-6-10-17/h8,11,17H,3-4,6,9-10,12-13H2,1-2H3. The maximum atomic E-state index is 8.73. The molecule has 19 heavy (non-hydrogen) atoms. The van der Waals surface area contributed by atoms with E-state index in [4.69, 9.17) is 5.11 Å². The maximum Gasteiger partial charge on any atom is 0.0540 e. The predicted molar refractivity (Wildman–Crippen MR) is 86.8 cm³/mol. The van der Waals surface area contributed by atoms with Gasteiger partial charge in [-0.2, -0.15) is 11.8 Å². The van der Waals surface area contributed by atoms with E-state index in [1.54, 1.807) is 11.3 Å². The van der Waals surface area contributed by atoms with Gasteiger partial charge < -0.3 is 10.0 Å². The molecule has 1 aromatic heterocycles. The van der Waals surface area contributed by atoms with Crippen LogP contribution in [-0.2, 0) is 5.75 Å². The Bertz CT molecular complexity index is 402. The van der Waals surface area contributed by atoms with Crippen LogP contribution in [0.1, 0.15) is 30.7 Å². The monoisotopic (exact) mass is 297 g/mol. The van der Waals surface area contributed by atoms with Gasteiger partial charge in [0, 0.05) is 34.9 Å². The third kappa shape index (κ3) is 6.49. The summed E-state index contributed by atoms with van der Waals surface area (Å²) >= 11 is 3.75. The van der Waals surface area contributed by atoms with E-state index in [0.717, 1.165) is 31.0 Å². The number of nitrogens with zero attached hydrogens (tertiary/aromatic N) is 1. The molecule has 0 saturated carbocycles. The number of hydrogen-bond acceptors (Lipinski definition) is 4. The first-order valence-electron chi connectivity index (χ1n) is 6.78. The Morgan fingerprint density at radius 2 is 2.16 bits per heavy atom. The zero-order chi connectivity index (χ0) is 13.9. The van der Waals surface area contributed by atoms with Gasteiger partial charge in [-0.1, -0.05) is 25.7 Å². The minimum Gasteiger partial charge on any atom is -0.395 e. The summed E-state index contributed by atoms with van der Waals surface area (Å²) in [5, 5.41) is 10.8. The van der Waals surface area contributed by atoms with Crippen LogP contribution < -0.4 is 0 Å². The number of thioether (sulfide) groups is 1. The fraction of sp³-hybridized carbons (Fsp3) is 0.600. The van der Waals surface area contributed by atoms with Crippen LogP contribution in [0.25, 0.3) is 0 Å². The quantitative estimate of drug-likeness (QED) is 0.589. The molecule has 0 atom stereocenters. The molecule has 0 aliphatic carbocycles. The third-order valence-electron chi connectivity index (χ3n) is 2.88. The summed E-state index contributed by atoms with van der Waals surface area (Å²) in [5.74, 6) is 8.35. The molecule has 0 unspecified atom stereocenters. The lowest BCUT2D eigenvalue weighted by Gasteiger charge is -2.17. The molecule has 4 heteroatoms. The summed E-state index contributed by atoms with van der Waals surface area (Å²) in [7, 11) is 0. The van der Waals surface area contributed by atoms with E-state index in [9.17, 15) is 0 Å². The molecule has 0 saturated heterocycles. The molecule has 1 heterocycles. The first-order chi connectivity index (χ1) is 9.31. The molecule has 0 radical (unpaired) electrons. The highest BCUT2D eigenvalue weighted by molar-refractivity contribution is 7.98. The summed E-state index contributed by atoms with van der Waals surface area (Å²) in [6, 6.07) is 2.08. The van der Waals surface area contributed by atoms with E-state index in [-0.39, 0.29) is 6.61 Å². The molecule has 0 aliphatic heterocycles. The van der Waals surface area contributed by atoms with Crippen molar-refractivity contribution in [2.75, 3.05) is 32.0 Å². The van der Waals surface area contributed by atoms with E-state index in [1.165, 1.54) is 10.6 Å². The third-order valence-corrected chi connectivity index (χ3v) is 4.95. The Labute approximate surface area is 125 Å². The molecule has 1 aromatic rings. The zero-order valence-electron chi connectivity index (χ0n) is 11.8. The van der Waals surface area contributed by atoms with Crippen LogP contribution in [0.2, 0.25) is 0 Å². The second-order valence-electron chi connectivity index (χ2n) is 4.11. The van der Waals surface area contributed by atoms with Gasteiger partial charge in [-0.3, -0.25) is 0 Å². The first-order valence-corrected chi connectivity index (χ1v) is 8.81. The Morgan fingerprint density at radius 3 is 2.84 bits per heavy atom. The van der Waals surface area contributed by atoms with Gasteiger partial charge in [0.1, 0.15) is 0 Å². The number of aliphatic hydroxyl groups is 1. The molecule has 1 N–H and O–H groups in total. The van der Waals surface area contributed by atoms with Crippen LogP contribution in [0.4, 0.5) is 0 Å². The molecule has 0 spiro atoms. The summed E-state index contributed by atoms with van der Waals surface area (Å²) < 4.78 is 0. The number of aliphatic hydroxyl groups excluding tert-OH is 1. The van der Waals surface area contributed by atoms with Gasteiger partial charge in [0.2, 0.25) is 0 Å². The lowest BCUT2D eigenvalue weighted by molar-refractivity contribution is 0.305. The summed E-state index contributed by atoms with van der Waals surface area (Å²) in [6.07, 6.45) is 0.560. The van der Waals surface area contributed by atoms with Crippen LogP contribution in [0.5, 0.6) is 0 Å². The Morgan fingerprint density at radius 1 is 1.37 bits per heavy atom. The lowest BCUT2D eigenvalue weighted by Crippen LogP contribution is -2.25. The van der Waals surface area contributed by atoms with Crippen molar-refractivity contribution in [2.45, 2.75) is 26.0 Å². The van der Waals surface area contributed by atoms with Gasteiger partial charge in [0.15, 0.2) is 0 Å². The maximum absolute atomic E-state index is 8.73. The molecule has 0 fully saturated rings. The number of thiophene rings is 1. The van der Waals surface area contributed by atoms with Crippen LogP contribution >= 0.6 is 23.1 Å². The van der Waals surface area contributed by atoms with E-state index in [2.05, 4.69) is 42.0 Å². The zero-order valence-corrected chi connectivity index (χ0v) is 13.4. The Hall–Kier alpha value is -0.470. The van der Waals surface area contributed by atoms with Crippen LogP contribution in [0.15, 0.2) is 11.4 Å². The normalized spacial score (nSPS) is 10.5. The molecule has 106 valence electrons. The highest BCUT2D eigenvalue weighted by Gasteiger charge is 2.03. The average molecular weight is 297 g/mol. The molecule has 0 aromatic carbocycles. The topological polar surface area (TPSA) is 23.5 Å². The van der Waals surface area contributed by atoms with Crippen LogP contribution in [0, 0.1) is 11.8 Å². The summed E-state index contributed by atoms with van der Waals surface area (Å²) in [4.78, 5) is 3.80. The van der Waals surface area contributed by atoms with Crippen molar-refractivity contribution in [1.82, 2.24) is 4.90 Å². The SMILES string of the molecule is CCN(CC)CCSCc1sccc1C#CCCO. The van der Waals surface area contributed by atoms with Crippen molar-refractivity contribution in [2.24, 2.45) is 0 Å². The van der Waals surface area contributed by atoms with E-state index in [1.807, 2.05) is 11.8 Å². The second-order valence-corrected chi connectivity index (χ2v) is 6.22. The largest absolute Gasteiger partial charge is 0.395 e. The minimum atomic E-state index is 0.144. The second kappa shape index (κ2) is 10.3. The lowest BCUT2D eigenvalue weighted by atomic mass is 10.2. The molecule has 2 nitrogen and oxygen atoms in total. The average Bonchev–Trinajstić information content (AvgIpc) is 2.87. The van der Waals surface area contributed by atoms with Gasteiger partial charge in [0.05, 0.1) is 6.61 Å². The van der Waals surface area contributed by atoms with Gasteiger partial charge in [-0.15, -0.1) is 11.3 Å². The molecule has 0 bridgehead atoms. The van der Waals surface area contributed by atoms with E-state index < -0.39 is 0 Å². The highest BCUT2D eigenvalue weighted by Crippen LogP contribution is 2.22. The molecule has 0 aliphatic rings. The van der Waals surface area contributed by atoms with Crippen molar-refractivity contribution >= 4 is 23.1 Å². The summed E-state index contributed by atoms with van der Waals surface area (Å²) in [5.41, 5.74) is 1.13.